The molecule has 0 aromatic rings. The predicted octanol–water partition coefficient (Wildman–Crippen LogP) is 1.85. The summed E-state index contributed by atoms with van der Waals surface area (Å²) in [5, 5.41) is 3.24. The smallest absolute Gasteiger partial charge is 0.410 e. The number of nitrogens with one attached hydrogen (secondary N) is 1. The monoisotopic (exact) mass is 228 g/mol. The molecule has 1 amide bonds. The average molecular weight is 228 g/mol. The van der Waals surface area contributed by atoms with Gasteiger partial charge in [-0.05, 0) is 53.1 Å². The molecule has 1 aliphatic rings. The third-order valence-electron chi connectivity index (χ3n) is 2.88. The number of carbonyl (C=O) groups is 1. The van der Waals surface area contributed by atoms with Gasteiger partial charge in [-0.1, -0.05) is 0 Å². The van der Waals surface area contributed by atoms with E-state index in [1.54, 1.807) is 4.90 Å². The second-order valence-corrected chi connectivity index (χ2v) is 5.70. The van der Waals surface area contributed by atoms with E-state index in [2.05, 4.69) is 12.2 Å². The maximum atomic E-state index is 11.8. The highest BCUT2D eigenvalue weighted by molar-refractivity contribution is 5.68. The van der Waals surface area contributed by atoms with Gasteiger partial charge in [0, 0.05) is 13.1 Å². The highest BCUT2D eigenvalue weighted by atomic mass is 16.6. The molecule has 94 valence electrons. The number of carbonyl (C=O) groups excluding carboxylic acids is 1. The normalized spacial score (nSPS) is 18.8. The van der Waals surface area contributed by atoms with Crippen LogP contribution >= 0.6 is 0 Å². The summed E-state index contributed by atoms with van der Waals surface area (Å²) in [6, 6.07) is 0.238. The van der Waals surface area contributed by atoms with Crippen molar-refractivity contribution in [1.29, 1.82) is 0 Å². The molecule has 4 nitrogen and oxygen atoms in total. The van der Waals surface area contributed by atoms with Gasteiger partial charge in [0.25, 0.3) is 0 Å². The quantitative estimate of drug-likeness (QED) is 0.801. The van der Waals surface area contributed by atoms with Crippen LogP contribution in [0.15, 0.2) is 0 Å². The van der Waals surface area contributed by atoms with Gasteiger partial charge < -0.3 is 15.0 Å². The summed E-state index contributed by atoms with van der Waals surface area (Å²) in [5.41, 5.74) is -0.414. The van der Waals surface area contributed by atoms with Crippen LogP contribution in [0.3, 0.4) is 0 Å². The van der Waals surface area contributed by atoms with Crippen LogP contribution in [0.25, 0.3) is 0 Å². The second-order valence-electron chi connectivity index (χ2n) is 5.70. The average Bonchev–Trinajstić information content (AvgIpc) is 2.06. The van der Waals surface area contributed by atoms with Crippen LogP contribution in [-0.2, 0) is 4.74 Å². The van der Waals surface area contributed by atoms with Crippen molar-refractivity contribution in [3.8, 4) is 0 Å². The van der Waals surface area contributed by atoms with Crippen molar-refractivity contribution in [3.63, 3.8) is 0 Å². The second kappa shape index (κ2) is 5.04. The van der Waals surface area contributed by atoms with E-state index in [0.717, 1.165) is 19.5 Å². The van der Waals surface area contributed by atoms with Gasteiger partial charge in [0.1, 0.15) is 5.60 Å². The summed E-state index contributed by atoms with van der Waals surface area (Å²) >= 11 is 0. The first-order valence-electron chi connectivity index (χ1n) is 5.96. The number of rotatable bonds is 3. The minimum atomic E-state index is -0.414. The Bertz CT molecular complexity index is 244. The maximum absolute atomic E-state index is 11.8. The van der Waals surface area contributed by atoms with Crippen molar-refractivity contribution in [3.05, 3.63) is 0 Å². The van der Waals surface area contributed by atoms with Gasteiger partial charge in [-0.15, -0.1) is 0 Å². The molecule has 1 unspecified atom stereocenters. The van der Waals surface area contributed by atoms with Crippen molar-refractivity contribution in [2.24, 2.45) is 5.92 Å². The van der Waals surface area contributed by atoms with Gasteiger partial charge >= 0.3 is 6.09 Å². The Morgan fingerprint density at radius 1 is 1.50 bits per heavy atom. The number of amides is 1. The predicted molar refractivity (Wildman–Crippen MR) is 64.4 cm³/mol. The van der Waals surface area contributed by atoms with Gasteiger partial charge in [-0.3, -0.25) is 0 Å². The Morgan fingerprint density at radius 3 is 2.44 bits per heavy atom. The van der Waals surface area contributed by atoms with Crippen LogP contribution in [0.2, 0.25) is 0 Å². The fourth-order valence-electron chi connectivity index (χ4n) is 1.67. The van der Waals surface area contributed by atoms with Gasteiger partial charge in [-0.2, -0.15) is 0 Å². The number of nitrogens with zero attached hydrogens (tertiary/aromatic N) is 1. The Morgan fingerprint density at radius 2 is 2.06 bits per heavy atom. The zero-order valence-corrected chi connectivity index (χ0v) is 11.0. The number of hydrogen-bond donors (Lipinski definition) is 1. The molecule has 1 heterocycles. The van der Waals surface area contributed by atoms with E-state index in [1.807, 2.05) is 27.8 Å². The van der Waals surface area contributed by atoms with Gasteiger partial charge in [-0.25, -0.2) is 4.79 Å². The lowest BCUT2D eigenvalue weighted by Gasteiger charge is -2.34. The van der Waals surface area contributed by atoms with Crippen LogP contribution in [0.1, 0.15) is 34.1 Å². The molecule has 0 spiro atoms. The zero-order valence-electron chi connectivity index (χ0n) is 11.0. The first-order valence-corrected chi connectivity index (χ1v) is 5.96. The highest BCUT2D eigenvalue weighted by Crippen LogP contribution is 2.17. The molecule has 0 aromatic carbocycles. The molecule has 0 saturated carbocycles. The molecular formula is C12H24N2O2. The van der Waals surface area contributed by atoms with Crippen molar-refractivity contribution < 1.29 is 9.53 Å². The third-order valence-corrected chi connectivity index (χ3v) is 2.88. The standard InChI is InChI=1S/C12H24N2O2/c1-9(6-10-7-13-8-10)14(5)11(15)16-12(2,3)4/h9-10,13H,6-8H2,1-5H3. The van der Waals surface area contributed by atoms with Crippen LogP contribution < -0.4 is 5.32 Å². The van der Waals surface area contributed by atoms with Crippen LogP contribution in [0.5, 0.6) is 0 Å². The Kier molecular flexibility index (Phi) is 4.19. The Labute approximate surface area is 98.3 Å². The molecule has 0 radical (unpaired) electrons. The molecule has 1 fully saturated rings. The lowest BCUT2D eigenvalue weighted by molar-refractivity contribution is 0.0209. The molecule has 0 aliphatic carbocycles. The SMILES string of the molecule is CC(CC1CNC1)N(C)C(=O)OC(C)(C)C. The fourth-order valence-corrected chi connectivity index (χ4v) is 1.67. The first-order chi connectivity index (χ1) is 7.29. The van der Waals surface area contributed by atoms with Gasteiger partial charge in [0.05, 0.1) is 0 Å². The molecule has 1 rings (SSSR count). The summed E-state index contributed by atoms with van der Waals surface area (Å²) in [5.74, 6) is 0.708. The Hall–Kier alpha value is -0.770. The van der Waals surface area contributed by atoms with Crippen LogP contribution in [-0.4, -0.2) is 42.8 Å². The van der Waals surface area contributed by atoms with Gasteiger partial charge in [0.15, 0.2) is 0 Å². The van der Waals surface area contributed by atoms with Crippen LogP contribution in [0, 0.1) is 5.92 Å². The largest absolute Gasteiger partial charge is 0.444 e. The van der Waals surface area contributed by atoms with E-state index in [4.69, 9.17) is 4.74 Å². The molecule has 4 heteroatoms. The zero-order chi connectivity index (χ0) is 12.3. The summed E-state index contributed by atoms with van der Waals surface area (Å²) in [6.07, 6.45) is 0.815. The summed E-state index contributed by atoms with van der Waals surface area (Å²) in [7, 11) is 1.81. The minimum Gasteiger partial charge on any atom is -0.444 e. The topological polar surface area (TPSA) is 41.6 Å². The lowest BCUT2D eigenvalue weighted by atomic mass is 9.95. The first kappa shape index (κ1) is 13.3. The Balaban J connectivity index is 2.36. The molecule has 0 aromatic heterocycles. The van der Waals surface area contributed by atoms with E-state index in [-0.39, 0.29) is 12.1 Å². The molecular weight excluding hydrogens is 204 g/mol. The van der Waals surface area contributed by atoms with E-state index in [9.17, 15) is 4.79 Å². The number of hydrogen-bond acceptors (Lipinski definition) is 3. The van der Waals surface area contributed by atoms with Crippen LogP contribution in [0.4, 0.5) is 4.79 Å². The summed E-state index contributed by atoms with van der Waals surface area (Å²) in [4.78, 5) is 13.5. The third kappa shape index (κ3) is 4.00. The fraction of sp³-hybridized carbons (Fsp3) is 0.917. The van der Waals surface area contributed by atoms with Crippen molar-refractivity contribution in [2.45, 2.75) is 45.8 Å². The van der Waals surface area contributed by atoms with Crippen molar-refractivity contribution in [1.82, 2.24) is 10.2 Å². The molecule has 0 bridgehead atoms. The summed E-state index contributed by atoms with van der Waals surface area (Å²) in [6.45, 7) is 9.89. The van der Waals surface area contributed by atoms with Crippen molar-refractivity contribution in [2.75, 3.05) is 20.1 Å². The van der Waals surface area contributed by atoms with E-state index in [1.165, 1.54) is 0 Å². The van der Waals surface area contributed by atoms with E-state index >= 15 is 0 Å². The summed E-state index contributed by atoms with van der Waals surface area (Å²) < 4.78 is 5.33. The molecule has 1 atom stereocenters. The van der Waals surface area contributed by atoms with E-state index < -0.39 is 5.60 Å². The molecule has 1 N–H and O–H groups in total. The highest BCUT2D eigenvalue weighted by Gasteiger charge is 2.26. The molecule has 1 saturated heterocycles. The van der Waals surface area contributed by atoms with Gasteiger partial charge in [0.2, 0.25) is 0 Å². The lowest BCUT2D eigenvalue weighted by Crippen LogP contribution is -2.47. The molecule has 1 aliphatic heterocycles. The van der Waals surface area contributed by atoms with Crippen molar-refractivity contribution >= 4 is 6.09 Å². The maximum Gasteiger partial charge on any atom is 0.410 e. The number of ether oxygens (including phenoxy) is 1. The molecule has 16 heavy (non-hydrogen) atoms. The van der Waals surface area contributed by atoms with E-state index in [0.29, 0.717) is 5.92 Å². The minimum absolute atomic E-state index is 0.229.